The summed E-state index contributed by atoms with van der Waals surface area (Å²) in [5.41, 5.74) is 4.98. The fourth-order valence-electron chi connectivity index (χ4n) is 4.05. The first-order valence-electron chi connectivity index (χ1n) is 13.5. The number of benzene rings is 1. The minimum Gasteiger partial charge on any atom is -0.483 e. The molecule has 0 aliphatic carbocycles. The van der Waals surface area contributed by atoms with E-state index >= 15 is 0 Å². The smallest absolute Gasteiger partial charge is 0.435 e. The molecule has 3 aromatic heterocycles. The van der Waals surface area contributed by atoms with Crippen LogP contribution in [-0.4, -0.2) is 80.3 Å². The van der Waals surface area contributed by atoms with Crippen LogP contribution in [-0.2, 0) is 22.3 Å². The summed E-state index contributed by atoms with van der Waals surface area (Å²) in [7, 11) is 0. The molecule has 0 unspecified atom stereocenters. The molecule has 15 nitrogen and oxygen atoms in total. The third-order valence-electron chi connectivity index (χ3n) is 6.02. The van der Waals surface area contributed by atoms with Gasteiger partial charge in [0.05, 0.1) is 40.7 Å². The second-order valence-corrected chi connectivity index (χ2v) is 9.61. The summed E-state index contributed by atoms with van der Waals surface area (Å²) in [4.78, 5) is 41.1. The number of hydrogen-bond acceptors (Lipinski definition) is 10. The number of halogens is 4. The Morgan fingerprint density at radius 2 is 1.93 bits per heavy atom. The van der Waals surface area contributed by atoms with Crippen LogP contribution in [0, 0.1) is 11.3 Å². The average molecular weight is 664 g/mol. The van der Waals surface area contributed by atoms with Gasteiger partial charge in [-0.25, -0.2) is 9.97 Å². The second-order valence-electron chi connectivity index (χ2n) is 9.21. The van der Waals surface area contributed by atoms with Gasteiger partial charge < -0.3 is 32.1 Å². The lowest BCUT2D eigenvalue weighted by atomic mass is 10.2. The molecule has 1 aromatic carbocycles. The van der Waals surface area contributed by atoms with Gasteiger partial charge in [0.15, 0.2) is 17.2 Å². The summed E-state index contributed by atoms with van der Waals surface area (Å²) in [6.45, 7) is 1.12. The molecule has 0 saturated heterocycles. The number of carboxylic acid groups (broad SMARTS) is 1. The van der Waals surface area contributed by atoms with Crippen molar-refractivity contribution in [2.45, 2.75) is 19.1 Å². The van der Waals surface area contributed by atoms with Crippen molar-refractivity contribution in [1.29, 1.82) is 5.26 Å². The number of fused-ring (bicyclic) bond motifs is 1. The van der Waals surface area contributed by atoms with Crippen LogP contribution in [0.4, 0.5) is 24.7 Å². The average Bonchev–Trinajstić information content (AvgIpc) is 3.63. The molecule has 19 heteroatoms. The summed E-state index contributed by atoms with van der Waals surface area (Å²) in [5, 5.41) is 30.8. The molecule has 4 rings (SSSR count). The summed E-state index contributed by atoms with van der Waals surface area (Å²) in [6.07, 6.45) is 1.18. The predicted octanol–water partition coefficient (Wildman–Crippen LogP) is 2.02. The highest BCUT2D eigenvalue weighted by Gasteiger charge is 2.38. The van der Waals surface area contributed by atoms with Gasteiger partial charge in [-0.3, -0.25) is 23.5 Å². The first-order chi connectivity index (χ1) is 22.0. The van der Waals surface area contributed by atoms with Gasteiger partial charge in [0.1, 0.15) is 6.54 Å². The Kier molecular flexibility index (Phi) is 12.8. The third-order valence-corrected chi connectivity index (χ3v) is 6.33. The van der Waals surface area contributed by atoms with Crippen molar-refractivity contribution in [2.75, 3.05) is 38.0 Å². The number of hydrogen-bond donors (Lipinski definition) is 6. The summed E-state index contributed by atoms with van der Waals surface area (Å²) in [6, 6.07) is 6.37. The van der Waals surface area contributed by atoms with Gasteiger partial charge in [0.2, 0.25) is 5.91 Å². The summed E-state index contributed by atoms with van der Waals surface area (Å²) >= 11 is 6.36. The van der Waals surface area contributed by atoms with E-state index < -0.39 is 17.8 Å². The van der Waals surface area contributed by atoms with Gasteiger partial charge in [-0.15, -0.1) is 0 Å². The Labute approximate surface area is 264 Å². The number of amides is 2. The Morgan fingerprint density at radius 1 is 1.17 bits per heavy atom. The van der Waals surface area contributed by atoms with Crippen LogP contribution in [0.1, 0.15) is 22.5 Å². The monoisotopic (exact) mass is 663 g/mol. The zero-order chi connectivity index (χ0) is 33.7. The van der Waals surface area contributed by atoms with Gasteiger partial charge >= 0.3 is 6.18 Å². The van der Waals surface area contributed by atoms with Crippen molar-refractivity contribution in [2.24, 2.45) is 5.73 Å². The van der Waals surface area contributed by atoms with E-state index in [1.807, 2.05) is 0 Å². The Hall–Kier alpha value is -5.25. The number of anilines is 2. The fourth-order valence-corrected chi connectivity index (χ4v) is 4.31. The summed E-state index contributed by atoms with van der Waals surface area (Å²) < 4.78 is 43.4. The van der Waals surface area contributed by atoms with E-state index in [-0.39, 0.29) is 65.3 Å². The molecule has 2 amide bonds. The van der Waals surface area contributed by atoms with Crippen molar-refractivity contribution in [3.05, 3.63) is 59.3 Å². The molecule has 0 saturated carbocycles. The van der Waals surface area contributed by atoms with E-state index in [2.05, 4.69) is 36.3 Å². The van der Waals surface area contributed by atoms with E-state index in [0.717, 1.165) is 10.9 Å². The fraction of sp³-hybridized carbons (Fsp3) is 0.296. The van der Waals surface area contributed by atoms with Crippen LogP contribution >= 0.6 is 11.6 Å². The molecule has 0 aliphatic rings. The Morgan fingerprint density at radius 3 is 2.61 bits per heavy atom. The number of rotatable bonds is 13. The van der Waals surface area contributed by atoms with E-state index in [9.17, 15) is 22.8 Å². The van der Waals surface area contributed by atoms with Crippen molar-refractivity contribution in [3.8, 4) is 17.3 Å². The number of carbonyl (C=O) groups excluding carboxylic acids is 2. The lowest BCUT2D eigenvalue weighted by Crippen LogP contribution is -2.38. The third kappa shape index (κ3) is 9.37. The number of nitrogens with one attached hydrogen (secondary N) is 4. The molecule has 0 aliphatic heterocycles. The van der Waals surface area contributed by atoms with Crippen LogP contribution < -0.4 is 27.0 Å². The van der Waals surface area contributed by atoms with Crippen molar-refractivity contribution in [1.82, 2.24) is 40.1 Å². The molecule has 0 bridgehead atoms. The minimum atomic E-state index is -4.75. The van der Waals surface area contributed by atoms with Gasteiger partial charge in [-0.1, -0.05) is 11.6 Å². The molecule has 244 valence electrons. The first-order valence-corrected chi connectivity index (χ1v) is 13.9. The maximum absolute atomic E-state index is 13.7. The van der Waals surface area contributed by atoms with Crippen molar-refractivity contribution < 1.29 is 32.7 Å². The highest BCUT2D eigenvalue weighted by atomic mass is 35.5. The molecule has 4 aromatic rings. The van der Waals surface area contributed by atoms with E-state index in [4.69, 9.17) is 32.5 Å². The molecule has 0 radical (unpaired) electrons. The molecule has 7 N–H and O–H groups in total. The van der Waals surface area contributed by atoms with Crippen molar-refractivity contribution in [3.63, 3.8) is 0 Å². The SMILES string of the molecule is N#CCn1cc(-c2cnc3c(Nc4ccc(C(=O)NCCNCC(=O)NCCCN)c(Cl)c4)nccn23)c(C(F)(F)F)n1.O=CO. The molecular weight excluding hydrogens is 635 g/mol. The van der Waals surface area contributed by atoms with E-state index in [0.29, 0.717) is 31.7 Å². The number of nitrogens with two attached hydrogens (primary N) is 1. The maximum atomic E-state index is 13.7. The number of aromatic nitrogens is 5. The zero-order valence-corrected chi connectivity index (χ0v) is 24.8. The van der Waals surface area contributed by atoms with Crippen molar-refractivity contribution >= 4 is 47.0 Å². The highest BCUT2D eigenvalue weighted by Crippen LogP contribution is 2.37. The normalized spacial score (nSPS) is 10.9. The summed E-state index contributed by atoms with van der Waals surface area (Å²) in [5.74, 6) is -0.361. The molecule has 3 heterocycles. The molecule has 0 fully saturated rings. The zero-order valence-electron chi connectivity index (χ0n) is 24.0. The van der Waals surface area contributed by atoms with Crippen LogP contribution in [0.25, 0.3) is 16.9 Å². The second kappa shape index (κ2) is 16.7. The lowest BCUT2D eigenvalue weighted by molar-refractivity contribution is -0.141. The first kappa shape index (κ1) is 35.2. The van der Waals surface area contributed by atoms with E-state index in [1.54, 1.807) is 12.1 Å². The molecule has 0 spiro atoms. The number of alkyl halides is 3. The largest absolute Gasteiger partial charge is 0.483 e. The number of imidazole rings is 1. The van der Waals surface area contributed by atoms with Gasteiger partial charge in [-0.05, 0) is 31.2 Å². The Bertz CT molecular complexity index is 1700. The maximum Gasteiger partial charge on any atom is 0.435 e. The molecular formula is C27H29ClF3N11O4. The number of carbonyl (C=O) groups is 3. The van der Waals surface area contributed by atoms with Gasteiger partial charge in [0.25, 0.3) is 12.4 Å². The highest BCUT2D eigenvalue weighted by molar-refractivity contribution is 6.34. The number of nitriles is 1. The topological polar surface area (TPSA) is 217 Å². The van der Waals surface area contributed by atoms with Crippen LogP contribution in [0.15, 0.2) is 43.0 Å². The van der Waals surface area contributed by atoms with Gasteiger partial charge in [0, 0.05) is 43.9 Å². The van der Waals surface area contributed by atoms with Gasteiger partial charge in [-0.2, -0.15) is 23.5 Å². The number of nitrogens with zero attached hydrogens (tertiary/aromatic N) is 6. The lowest BCUT2D eigenvalue weighted by Gasteiger charge is -2.11. The van der Waals surface area contributed by atoms with E-state index in [1.165, 1.54) is 35.1 Å². The molecule has 0 atom stereocenters. The van der Waals surface area contributed by atoms with Crippen LogP contribution in [0.2, 0.25) is 5.02 Å². The van der Waals surface area contributed by atoms with Crippen LogP contribution in [0.3, 0.4) is 0 Å². The molecule has 46 heavy (non-hydrogen) atoms. The quantitative estimate of drug-likeness (QED) is 0.0898. The Balaban J connectivity index is 0.00000185. The van der Waals surface area contributed by atoms with Crippen LogP contribution in [0.5, 0.6) is 0 Å². The minimum absolute atomic E-state index is 0.101. The standard InChI is InChI=1S/C26H27ClF3N11O2.CH2O2/c27-19-12-16(2-3-17(19)25(43)36-8-7-33-14-21(42)34-6-1-4-31)38-23-24-37-13-20(41(24)11-9-35-23)18-15-40(10-5-32)39-22(18)26(28,29)30;2-1-3/h2-3,9,11-13,15,33H,1,4,6-8,10,14,31H2,(H,34,42)(H,35,38)(H,36,43);1H,(H,2,3). The predicted molar refractivity (Wildman–Crippen MR) is 160 cm³/mol.